The Kier molecular flexibility index (Phi) is 1.94. The van der Waals surface area contributed by atoms with E-state index < -0.39 is 5.97 Å². The standard InChI is InChI=1S/C8H4ClNO2S/c9-6-2-4-1-5(8(11)12)3-10-7(4)13-6/h1-3H,(H,11,12). The summed E-state index contributed by atoms with van der Waals surface area (Å²) < 4.78 is 0.616. The van der Waals surface area contributed by atoms with E-state index in [-0.39, 0.29) is 5.56 Å². The minimum absolute atomic E-state index is 0.182. The number of carboxylic acid groups (broad SMARTS) is 1. The molecule has 2 heterocycles. The molecule has 0 aliphatic heterocycles. The molecule has 0 fully saturated rings. The van der Waals surface area contributed by atoms with Crippen LogP contribution in [0.4, 0.5) is 0 Å². The van der Waals surface area contributed by atoms with Crippen molar-refractivity contribution >= 4 is 39.1 Å². The van der Waals surface area contributed by atoms with Gasteiger partial charge in [-0.3, -0.25) is 0 Å². The topological polar surface area (TPSA) is 50.2 Å². The highest BCUT2D eigenvalue weighted by molar-refractivity contribution is 7.22. The first-order valence-corrected chi connectivity index (χ1v) is 4.64. The highest BCUT2D eigenvalue weighted by Crippen LogP contribution is 2.27. The minimum Gasteiger partial charge on any atom is -0.478 e. The number of hydrogen-bond acceptors (Lipinski definition) is 3. The van der Waals surface area contributed by atoms with Gasteiger partial charge in [-0.05, 0) is 12.1 Å². The van der Waals surface area contributed by atoms with Crippen molar-refractivity contribution in [3.63, 3.8) is 0 Å². The first kappa shape index (κ1) is 8.47. The molecule has 1 N–H and O–H groups in total. The van der Waals surface area contributed by atoms with Crippen molar-refractivity contribution in [3.05, 3.63) is 28.2 Å². The fourth-order valence-electron chi connectivity index (χ4n) is 1.02. The van der Waals surface area contributed by atoms with Gasteiger partial charge in [-0.2, -0.15) is 0 Å². The lowest BCUT2D eigenvalue weighted by atomic mass is 10.2. The van der Waals surface area contributed by atoms with Crippen LogP contribution in [0, 0.1) is 0 Å². The number of hydrogen-bond donors (Lipinski definition) is 1. The number of carbonyl (C=O) groups is 1. The van der Waals surface area contributed by atoms with Gasteiger partial charge in [0.05, 0.1) is 9.90 Å². The number of fused-ring (bicyclic) bond motifs is 1. The first-order valence-electron chi connectivity index (χ1n) is 3.45. The van der Waals surface area contributed by atoms with Gasteiger partial charge < -0.3 is 5.11 Å². The summed E-state index contributed by atoms with van der Waals surface area (Å²) >= 11 is 7.08. The van der Waals surface area contributed by atoms with E-state index in [1.165, 1.54) is 17.5 Å². The first-order chi connectivity index (χ1) is 6.16. The summed E-state index contributed by atoms with van der Waals surface area (Å²) in [4.78, 5) is 15.3. The Labute approximate surface area is 82.6 Å². The number of aromatic nitrogens is 1. The molecule has 66 valence electrons. The molecule has 0 radical (unpaired) electrons. The lowest BCUT2D eigenvalue weighted by Gasteiger charge is -1.92. The molecule has 2 aromatic rings. The maximum Gasteiger partial charge on any atom is 0.337 e. The maximum absolute atomic E-state index is 10.6. The van der Waals surface area contributed by atoms with Crippen LogP contribution >= 0.6 is 22.9 Å². The lowest BCUT2D eigenvalue weighted by Crippen LogP contribution is -1.95. The van der Waals surface area contributed by atoms with Gasteiger partial charge in [0, 0.05) is 11.6 Å². The number of halogens is 1. The van der Waals surface area contributed by atoms with E-state index in [1.54, 1.807) is 12.1 Å². The molecular weight excluding hydrogens is 210 g/mol. The zero-order chi connectivity index (χ0) is 9.42. The van der Waals surface area contributed by atoms with E-state index in [0.717, 1.165) is 10.2 Å². The minimum atomic E-state index is -0.975. The normalized spacial score (nSPS) is 10.5. The van der Waals surface area contributed by atoms with E-state index in [0.29, 0.717) is 4.34 Å². The molecule has 0 aliphatic rings. The molecule has 0 spiro atoms. The summed E-state index contributed by atoms with van der Waals surface area (Å²) in [6.45, 7) is 0. The van der Waals surface area contributed by atoms with E-state index in [1.807, 2.05) is 0 Å². The number of aromatic carboxylic acids is 1. The number of rotatable bonds is 1. The molecule has 0 saturated heterocycles. The van der Waals surface area contributed by atoms with Crippen LogP contribution in [0.15, 0.2) is 18.3 Å². The van der Waals surface area contributed by atoms with Crippen molar-refractivity contribution in [2.24, 2.45) is 0 Å². The van der Waals surface area contributed by atoms with Crippen LogP contribution in [0.5, 0.6) is 0 Å². The number of thiophene rings is 1. The van der Waals surface area contributed by atoms with E-state index in [9.17, 15) is 4.79 Å². The molecular formula is C8H4ClNO2S. The molecule has 3 nitrogen and oxygen atoms in total. The summed E-state index contributed by atoms with van der Waals surface area (Å²) in [5.74, 6) is -0.975. The van der Waals surface area contributed by atoms with Gasteiger partial charge in [0.2, 0.25) is 0 Å². The highest BCUT2D eigenvalue weighted by atomic mass is 35.5. The largest absolute Gasteiger partial charge is 0.478 e. The average Bonchev–Trinajstić information content (AvgIpc) is 2.42. The molecule has 0 saturated carbocycles. The summed E-state index contributed by atoms with van der Waals surface area (Å²) in [6.07, 6.45) is 1.33. The van der Waals surface area contributed by atoms with Crippen LogP contribution in [-0.4, -0.2) is 16.1 Å². The quantitative estimate of drug-likeness (QED) is 0.792. The molecule has 2 rings (SSSR count). The van der Waals surface area contributed by atoms with Crippen molar-refractivity contribution in [2.45, 2.75) is 0 Å². The summed E-state index contributed by atoms with van der Waals surface area (Å²) in [5, 5.41) is 9.45. The van der Waals surface area contributed by atoms with Crippen LogP contribution in [0.3, 0.4) is 0 Å². The number of pyridine rings is 1. The Bertz CT molecular complexity index is 480. The van der Waals surface area contributed by atoms with Crippen LogP contribution in [0.1, 0.15) is 10.4 Å². The van der Waals surface area contributed by atoms with Crippen LogP contribution in [0.2, 0.25) is 4.34 Å². The van der Waals surface area contributed by atoms with E-state index in [4.69, 9.17) is 16.7 Å². The Balaban J connectivity index is 2.67. The summed E-state index contributed by atoms with van der Waals surface area (Å²) in [6, 6.07) is 3.27. The van der Waals surface area contributed by atoms with Crippen LogP contribution in [0.25, 0.3) is 10.2 Å². The van der Waals surface area contributed by atoms with Crippen molar-refractivity contribution in [1.29, 1.82) is 0 Å². The monoisotopic (exact) mass is 213 g/mol. The fraction of sp³-hybridized carbons (Fsp3) is 0. The smallest absolute Gasteiger partial charge is 0.337 e. The van der Waals surface area contributed by atoms with Crippen molar-refractivity contribution in [1.82, 2.24) is 4.98 Å². The Morgan fingerprint density at radius 3 is 3.00 bits per heavy atom. The van der Waals surface area contributed by atoms with Gasteiger partial charge >= 0.3 is 5.97 Å². The predicted molar refractivity (Wildman–Crippen MR) is 51.6 cm³/mol. The molecule has 5 heteroatoms. The maximum atomic E-state index is 10.6. The second-order valence-electron chi connectivity index (χ2n) is 2.47. The van der Waals surface area contributed by atoms with E-state index >= 15 is 0 Å². The molecule has 0 unspecified atom stereocenters. The summed E-state index contributed by atoms with van der Waals surface area (Å²) in [7, 11) is 0. The van der Waals surface area contributed by atoms with Gasteiger partial charge in [0.25, 0.3) is 0 Å². The third-order valence-electron chi connectivity index (χ3n) is 1.59. The van der Waals surface area contributed by atoms with Gasteiger partial charge in [0.15, 0.2) is 0 Å². The third kappa shape index (κ3) is 1.50. The SMILES string of the molecule is O=C(O)c1cnc2sc(Cl)cc2c1. The van der Waals surface area contributed by atoms with Crippen LogP contribution in [-0.2, 0) is 0 Å². The van der Waals surface area contributed by atoms with Crippen molar-refractivity contribution in [2.75, 3.05) is 0 Å². The molecule has 0 atom stereocenters. The molecule has 0 amide bonds. The molecule has 0 aliphatic carbocycles. The fourth-order valence-corrected chi connectivity index (χ4v) is 2.07. The Morgan fingerprint density at radius 1 is 1.54 bits per heavy atom. The molecule has 2 aromatic heterocycles. The Hall–Kier alpha value is -1.13. The third-order valence-corrected chi connectivity index (χ3v) is 2.78. The second-order valence-corrected chi connectivity index (χ2v) is 4.14. The Morgan fingerprint density at radius 2 is 2.31 bits per heavy atom. The zero-order valence-electron chi connectivity index (χ0n) is 6.32. The van der Waals surface area contributed by atoms with Crippen molar-refractivity contribution < 1.29 is 9.90 Å². The number of carboxylic acids is 1. The molecule has 0 bridgehead atoms. The summed E-state index contributed by atoms with van der Waals surface area (Å²) in [5.41, 5.74) is 0.182. The van der Waals surface area contributed by atoms with Gasteiger partial charge in [-0.15, -0.1) is 11.3 Å². The zero-order valence-corrected chi connectivity index (χ0v) is 7.89. The second kappa shape index (κ2) is 2.97. The molecule has 13 heavy (non-hydrogen) atoms. The average molecular weight is 214 g/mol. The molecule has 0 aromatic carbocycles. The van der Waals surface area contributed by atoms with Crippen LogP contribution < -0.4 is 0 Å². The van der Waals surface area contributed by atoms with Gasteiger partial charge in [-0.25, -0.2) is 9.78 Å². The van der Waals surface area contributed by atoms with Gasteiger partial charge in [-0.1, -0.05) is 11.6 Å². The van der Waals surface area contributed by atoms with Crippen molar-refractivity contribution in [3.8, 4) is 0 Å². The predicted octanol–water partition coefficient (Wildman–Crippen LogP) is 2.65. The van der Waals surface area contributed by atoms with Gasteiger partial charge in [0.1, 0.15) is 4.83 Å². The number of nitrogens with zero attached hydrogens (tertiary/aromatic N) is 1. The van der Waals surface area contributed by atoms with E-state index in [2.05, 4.69) is 4.98 Å². The lowest BCUT2D eigenvalue weighted by molar-refractivity contribution is 0.0696. The highest BCUT2D eigenvalue weighted by Gasteiger charge is 2.06.